The van der Waals surface area contributed by atoms with Gasteiger partial charge in [0, 0.05) is 28.5 Å². The number of fused-ring (bicyclic) bond motifs is 3. The van der Waals surface area contributed by atoms with E-state index < -0.39 is 0 Å². The number of rotatable bonds is 8. The van der Waals surface area contributed by atoms with Crippen molar-refractivity contribution in [2.75, 3.05) is 0 Å². The molecular formula is C58H38N4. The summed E-state index contributed by atoms with van der Waals surface area (Å²) in [7, 11) is 0. The van der Waals surface area contributed by atoms with Gasteiger partial charge in [0.1, 0.15) is 0 Å². The van der Waals surface area contributed by atoms with Crippen molar-refractivity contribution in [2.24, 2.45) is 0 Å². The Bertz CT molecular complexity index is 3280. The molecule has 0 bridgehead atoms. The van der Waals surface area contributed by atoms with Crippen molar-refractivity contribution in [1.29, 1.82) is 0 Å². The molecule has 0 aliphatic carbocycles. The topological polar surface area (TPSA) is 51.6 Å². The zero-order valence-electron chi connectivity index (χ0n) is 33.7. The minimum atomic E-state index is 0.596. The van der Waals surface area contributed by atoms with Gasteiger partial charge in [-0.1, -0.05) is 176 Å². The van der Waals surface area contributed by atoms with Gasteiger partial charge in [0.15, 0.2) is 17.5 Å². The van der Waals surface area contributed by atoms with E-state index in [1.807, 2.05) is 36.5 Å². The van der Waals surface area contributed by atoms with Crippen LogP contribution in [0.3, 0.4) is 0 Å². The highest BCUT2D eigenvalue weighted by molar-refractivity contribution is 6.14. The van der Waals surface area contributed by atoms with E-state index in [9.17, 15) is 0 Å². The largest absolute Gasteiger partial charge is 0.256 e. The molecule has 11 rings (SSSR count). The Morgan fingerprint density at radius 3 is 1.32 bits per heavy atom. The molecule has 0 atom stereocenters. The first-order valence-corrected chi connectivity index (χ1v) is 20.9. The second kappa shape index (κ2) is 16.0. The third-order valence-corrected chi connectivity index (χ3v) is 11.5. The lowest BCUT2D eigenvalue weighted by atomic mass is 9.90. The standard InChI is InChI=1S/C58H38N4/c1-3-15-39(16-4-1)43-20-13-22-46(33-43)56-60-57(47-23-14-21-44(34-47)40-17-5-2-6-18-40)62-58(61-56)50-36-48(41-28-30-42(31-29-41)55-27-11-12-32-59-55)35-49(37-50)54-38-45-19-7-8-24-51(45)52-25-9-10-26-53(52)54/h1-38H. The molecule has 4 nitrogen and oxygen atoms in total. The second-order valence-electron chi connectivity index (χ2n) is 15.5. The van der Waals surface area contributed by atoms with Gasteiger partial charge in [-0.05, 0) is 115 Å². The summed E-state index contributed by atoms with van der Waals surface area (Å²) in [5.41, 5.74) is 13.5. The average Bonchev–Trinajstić information content (AvgIpc) is 3.37. The molecule has 2 heterocycles. The predicted octanol–water partition coefficient (Wildman–Crippen LogP) is 14.9. The number of nitrogens with zero attached hydrogens (tertiary/aromatic N) is 4. The predicted molar refractivity (Wildman–Crippen MR) is 256 cm³/mol. The summed E-state index contributed by atoms with van der Waals surface area (Å²) in [5, 5.41) is 4.82. The van der Waals surface area contributed by atoms with Gasteiger partial charge in [0.2, 0.25) is 0 Å². The Labute approximate surface area is 360 Å². The molecule has 290 valence electrons. The van der Waals surface area contributed by atoms with E-state index >= 15 is 0 Å². The maximum atomic E-state index is 5.32. The zero-order chi connectivity index (χ0) is 41.2. The Balaban J connectivity index is 1.14. The number of pyridine rings is 1. The van der Waals surface area contributed by atoms with Crippen molar-refractivity contribution in [3.05, 3.63) is 231 Å². The average molecular weight is 791 g/mol. The molecule has 0 N–H and O–H groups in total. The summed E-state index contributed by atoms with van der Waals surface area (Å²) in [4.78, 5) is 20.5. The fraction of sp³-hybridized carbons (Fsp3) is 0. The summed E-state index contributed by atoms with van der Waals surface area (Å²) in [6.07, 6.45) is 1.83. The minimum absolute atomic E-state index is 0.596. The summed E-state index contributed by atoms with van der Waals surface area (Å²) in [6.45, 7) is 0. The van der Waals surface area contributed by atoms with Crippen LogP contribution in [0.15, 0.2) is 231 Å². The van der Waals surface area contributed by atoms with E-state index in [1.54, 1.807) is 0 Å². The summed E-state index contributed by atoms with van der Waals surface area (Å²) >= 11 is 0. The van der Waals surface area contributed by atoms with Crippen molar-refractivity contribution >= 4 is 21.5 Å². The normalized spacial score (nSPS) is 11.2. The third kappa shape index (κ3) is 7.20. The Hall–Kier alpha value is -8.34. The second-order valence-corrected chi connectivity index (χ2v) is 15.5. The Morgan fingerprint density at radius 2 is 0.694 bits per heavy atom. The lowest BCUT2D eigenvalue weighted by Crippen LogP contribution is -2.01. The monoisotopic (exact) mass is 790 g/mol. The lowest BCUT2D eigenvalue weighted by molar-refractivity contribution is 1.07. The molecule has 11 aromatic rings. The van der Waals surface area contributed by atoms with Crippen LogP contribution in [0.5, 0.6) is 0 Å². The van der Waals surface area contributed by atoms with Crippen molar-refractivity contribution < 1.29 is 0 Å². The summed E-state index contributed by atoms with van der Waals surface area (Å²) < 4.78 is 0. The van der Waals surface area contributed by atoms with Crippen molar-refractivity contribution in [3.8, 4) is 89.9 Å². The lowest BCUT2D eigenvalue weighted by Gasteiger charge is -2.15. The van der Waals surface area contributed by atoms with Gasteiger partial charge in [-0.15, -0.1) is 0 Å². The van der Waals surface area contributed by atoms with Crippen molar-refractivity contribution in [3.63, 3.8) is 0 Å². The summed E-state index contributed by atoms with van der Waals surface area (Å²) in [6, 6.07) is 78.9. The first kappa shape index (κ1) is 36.7. The Morgan fingerprint density at radius 1 is 0.242 bits per heavy atom. The quantitative estimate of drug-likeness (QED) is 0.144. The molecule has 4 heteroatoms. The first-order valence-electron chi connectivity index (χ1n) is 20.9. The SMILES string of the molecule is c1ccc(-c2cccc(-c3nc(-c4cccc(-c5ccccc5)c4)nc(-c4cc(-c5ccc(-c6ccccn6)cc5)cc(-c5cc6ccccc6c6ccccc56)c4)n3)c2)cc1. The van der Waals surface area contributed by atoms with E-state index in [-0.39, 0.29) is 0 Å². The van der Waals surface area contributed by atoms with Crippen LogP contribution in [0, 0.1) is 0 Å². The molecule has 0 spiro atoms. The van der Waals surface area contributed by atoms with Gasteiger partial charge >= 0.3 is 0 Å². The van der Waals surface area contributed by atoms with Gasteiger partial charge < -0.3 is 0 Å². The first-order chi connectivity index (χ1) is 30.7. The molecular weight excluding hydrogens is 753 g/mol. The van der Waals surface area contributed by atoms with Crippen LogP contribution in [0.2, 0.25) is 0 Å². The highest BCUT2D eigenvalue weighted by Gasteiger charge is 2.18. The van der Waals surface area contributed by atoms with Crippen LogP contribution in [0.4, 0.5) is 0 Å². The molecule has 0 fully saturated rings. The van der Waals surface area contributed by atoms with Crippen molar-refractivity contribution in [2.45, 2.75) is 0 Å². The molecule has 9 aromatic carbocycles. The number of aromatic nitrogens is 4. The van der Waals surface area contributed by atoms with Crippen LogP contribution >= 0.6 is 0 Å². The minimum Gasteiger partial charge on any atom is -0.256 e. The molecule has 0 saturated carbocycles. The maximum Gasteiger partial charge on any atom is 0.164 e. The van der Waals surface area contributed by atoms with Crippen LogP contribution < -0.4 is 0 Å². The molecule has 0 aliphatic rings. The summed E-state index contributed by atoms with van der Waals surface area (Å²) in [5.74, 6) is 1.81. The van der Waals surface area contributed by atoms with E-state index in [4.69, 9.17) is 15.0 Å². The number of benzene rings is 9. The van der Waals surface area contributed by atoms with Gasteiger partial charge in [-0.2, -0.15) is 0 Å². The maximum absolute atomic E-state index is 5.32. The van der Waals surface area contributed by atoms with Gasteiger partial charge in [-0.3, -0.25) is 4.98 Å². The highest BCUT2D eigenvalue weighted by atomic mass is 15.0. The van der Waals surface area contributed by atoms with Crippen LogP contribution in [0.25, 0.3) is 111 Å². The zero-order valence-corrected chi connectivity index (χ0v) is 33.7. The van der Waals surface area contributed by atoms with Crippen LogP contribution in [0.1, 0.15) is 0 Å². The molecule has 0 radical (unpaired) electrons. The molecule has 0 aliphatic heterocycles. The fourth-order valence-corrected chi connectivity index (χ4v) is 8.44. The van der Waals surface area contributed by atoms with Gasteiger partial charge in [0.25, 0.3) is 0 Å². The Kier molecular flexibility index (Phi) is 9.49. The molecule has 2 aromatic heterocycles. The number of hydrogen-bond donors (Lipinski definition) is 0. The molecule has 0 amide bonds. The van der Waals surface area contributed by atoms with Gasteiger partial charge in [-0.25, -0.2) is 15.0 Å². The van der Waals surface area contributed by atoms with Crippen molar-refractivity contribution in [1.82, 2.24) is 19.9 Å². The van der Waals surface area contributed by atoms with Gasteiger partial charge in [0.05, 0.1) is 5.69 Å². The van der Waals surface area contributed by atoms with E-state index in [0.717, 1.165) is 72.5 Å². The highest BCUT2D eigenvalue weighted by Crippen LogP contribution is 2.40. The smallest absolute Gasteiger partial charge is 0.164 e. The van der Waals surface area contributed by atoms with E-state index in [2.05, 4.69) is 199 Å². The fourth-order valence-electron chi connectivity index (χ4n) is 8.44. The van der Waals surface area contributed by atoms with Crippen LogP contribution in [-0.4, -0.2) is 19.9 Å². The van der Waals surface area contributed by atoms with E-state index in [1.165, 1.54) is 21.5 Å². The van der Waals surface area contributed by atoms with E-state index in [0.29, 0.717) is 17.5 Å². The molecule has 0 unspecified atom stereocenters. The molecule has 62 heavy (non-hydrogen) atoms. The molecule has 0 saturated heterocycles. The number of hydrogen-bond acceptors (Lipinski definition) is 4. The third-order valence-electron chi connectivity index (χ3n) is 11.5. The van der Waals surface area contributed by atoms with Crippen LogP contribution in [-0.2, 0) is 0 Å².